The fourth-order valence-corrected chi connectivity index (χ4v) is 7.83. The number of rotatable bonds is 42. The first kappa shape index (κ1) is 65.9. The third-order valence-electron chi connectivity index (χ3n) is 12.1. The Hall–Kier alpha value is -6.11. The Kier molecular flexibility index (Phi) is 35.1. The molecule has 0 aromatic heterocycles. The quantitative estimate of drug-likeness (QED) is 0.0129. The van der Waals surface area contributed by atoms with Crippen LogP contribution in [0.2, 0.25) is 0 Å². The van der Waals surface area contributed by atoms with E-state index in [0.717, 1.165) is 32.1 Å². The van der Waals surface area contributed by atoms with Gasteiger partial charge in [-0.05, 0) is 51.5 Å². The number of carboxylic acids is 2. The topological polar surface area (TPSA) is 393 Å². The van der Waals surface area contributed by atoms with Crippen molar-refractivity contribution in [2.45, 2.75) is 205 Å². The van der Waals surface area contributed by atoms with Gasteiger partial charge in [-0.1, -0.05) is 117 Å². The van der Waals surface area contributed by atoms with Crippen LogP contribution >= 0.6 is 0 Å². The normalized spacial score (nSPS) is 15.0. The molecule has 1 fully saturated rings. The maximum atomic E-state index is 13.4. The molecule has 25 nitrogen and oxygen atoms in total. The van der Waals surface area contributed by atoms with Crippen LogP contribution in [0.25, 0.3) is 0 Å². The lowest BCUT2D eigenvalue weighted by Gasteiger charge is -2.23. The van der Waals surface area contributed by atoms with Crippen LogP contribution in [-0.4, -0.2) is 144 Å². The number of esters is 1. The third-order valence-corrected chi connectivity index (χ3v) is 12.1. The van der Waals surface area contributed by atoms with Crippen molar-refractivity contribution in [3.63, 3.8) is 0 Å². The number of carbonyl (C=O) groups is 10. The molecular formula is C49H88N12O13. The summed E-state index contributed by atoms with van der Waals surface area (Å²) >= 11 is 0. The number of amides is 7. The zero-order chi connectivity index (χ0) is 55.3. The molecule has 1 rings (SSSR count). The van der Waals surface area contributed by atoms with Gasteiger partial charge in [0.15, 0.2) is 5.96 Å². The average molecular weight is 1050 g/mol. The number of nitrogens with zero attached hydrogens (tertiary/aromatic N) is 1. The second-order valence-electron chi connectivity index (χ2n) is 19.1. The second kappa shape index (κ2) is 39.4. The molecule has 6 atom stereocenters. The molecule has 0 unspecified atom stereocenters. The fourth-order valence-electron chi connectivity index (χ4n) is 7.83. The Morgan fingerprint density at radius 3 is 1.68 bits per heavy atom. The number of hydrogen-bond acceptors (Lipinski definition) is 14. The maximum Gasteiger partial charge on any atom is 0.329 e. The molecule has 0 bridgehead atoms. The summed E-state index contributed by atoms with van der Waals surface area (Å²) in [6.45, 7) is 6.06. The predicted molar refractivity (Wildman–Crippen MR) is 275 cm³/mol. The first-order chi connectivity index (χ1) is 35.2. The number of aliphatic carboxylic acids is 2. The van der Waals surface area contributed by atoms with E-state index in [2.05, 4.69) is 60.0 Å². The molecule has 0 spiro atoms. The molecule has 15 N–H and O–H groups in total. The molecule has 1 aliphatic rings. The highest BCUT2D eigenvalue weighted by Gasteiger charge is 2.31. The lowest BCUT2D eigenvalue weighted by atomic mass is 10.0. The molecule has 1 saturated heterocycles. The van der Waals surface area contributed by atoms with Crippen LogP contribution < -0.4 is 59.5 Å². The summed E-state index contributed by atoms with van der Waals surface area (Å²) in [5.41, 5.74) is 15.7. The van der Waals surface area contributed by atoms with E-state index in [1.807, 2.05) is 0 Å². The zero-order valence-electron chi connectivity index (χ0n) is 44.1. The van der Waals surface area contributed by atoms with E-state index in [9.17, 15) is 58.2 Å². The van der Waals surface area contributed by atoms with Crippen molar-refractivity contribution in [1.82, 2.24) is 48.1 Å². The van der Waals surface area contributed by atoms with Gasteiger partial charge in [-0.25, -0.2) is 15.0 Å². The molecule has 7 amide bonds. The Labute approximate surface area is 435 Å². The first-order valence-electron chi connectivity index (χ1n) is 26.4. The number of aliphatic imine (C=N–C) groups is 1. The van der Waals surface area contributed by atoms with E-state index >= 15 is 0 Å². The summed E-state index contributed by atoms with van der Waals surface area (Å²) in [5, 5.41) is 35.9. The van der Waals surface area contributed by atoms with Crippen LogP contribution in [-0.2, 0) is 52.7 Å². The summed E-state index contributed by atoms with van der Waals surface area (Å²) in [6.07, 6.45) is 18.5. The molecular weight excluding hydrogens is 965 g/mol. The van der Waals surface area contributed by atoms with Gasteiger partial charge in [0.1, 0.15) is 30.2 Å². The van der Waals surface area contributed by atoms with Crippen LogP contribution in [0.15, 0.2) is 4.99 Å². The molecule has 0 aliphatic carbocycles. The maximum absolute atomic E-state index is 13.4. The smallest absolute Gasteiger partial charge is 0.329 e. The highest BCUT2D eigenvalue weighted by molar-refractivity contribution is 5.95. The van der Waals surface area contributed by atoms with E-state index in [1.165, 1.54) is 91.4 Å². The van der Waals surface area contributed by atoms with Gasteiger partial charge in [0.05, 0.1) is 38.6 Å². The molecule has 1 heterocycles. The van der Waals surface area contributed by atoms with Crippen molar-refractivity contribution < 1.29 is 62.9 Å². The minimum Gasteiger partial charge on any atom is -0.481 e. The number of carboxylic acid groups (broad SMARTS) is 2. The lowest BCUT2D eigenvalue weighted by Crippen LogP contribution is -2.56. The van der Waals surface area contributed by atoms with Gasteiger partial charge in [-0.15, -0.1) is 0 Å². The molecule has 0 aromatic carbocycles. The van der Waals surface area contributed by atoms with Crippen molar-refractivity contribution in [3.8, 4) is 0 Å². The molecule has 25 heteroatoms. The largest absolute Gasteiger partial charge is 0.481 e. The van der Waals surface area contributed by atoms with Gasteiger partial charge in [-0.3, -0.25) is 48.8 Å². The Bertz CT molecular complexity index is 1790. The number of guanidine groups is 1. The van der Waals surface area contributed by atoms with Crippen molar-refractivity contribution in [2.24, 2.45) is 22.4 Å². The third kappa shape index (κ3) is 31.5. The van der Waals surface area contributed by atoms with Crippen LogP contribution in [0.3, 0.4) is 0 Å². The fraction of sp³-hybridized carbons (Fsp3) is 0.776. The number of unbranched alkanes of at least 4 members (excludes halogenated alkanes) is 15. The summed E-state index contributed by atoms with van der Waals surface area (Å²) < 4.78 is 5.47. The lowest BCUT2D eigenvalue weighted by molar-refractivity contribution is -0.149. The van der Waals surface area contributed by atoms with Gasteiger partial charge in [0, 0.05) is 6.54 Å². The summed E-state index contributed by atoms with van der Waals surface area (Å²) in [4.78, 5) is 131. The van der Waals surface area contributed by atoms with E-state index in [4.69, 9.17) is 16.2 Å². The van der Waals surface area contributed by atoms with E-state index in [0.29, 0.717) is 19.4 Å². The minimum atomic E-state index is -1.70. The molecule has 0 radical (unpaired) electrons. The number of hydrogen-bond donors (Lipinski definition) is 13. The highest BCUT2D eigenvalue weighted by Crippen LogP contribution is 2.14. The van der Waals surface area contributed by atoms with Crippen LogP contribution in [0.4, 0.5) is 0 Å². The Balaban J connectivity index is 2.92. The van der Waals surface area contributed by atoms with Gasteiger partial charge < -0.3 is 63.6 Å². The summed E-state index contributed by atoms with van der Waals surface area (Å²) in [5.74, 6) is -10.3. The van der Waals surface area contributed by atoms with Gasteiger partial charge in [0.25, 0.3) is 0 Å². The number of nitrogens with two attached hydrogens (primary N) is 2. The molecule has 0 saturated carbocycles. The van der Waals surface area contributed by atoms with Gasteiger partial charge in [0.2, 0.25) is 41.4 Å². The van der Waals surface area contributed by atoms with E-state index in [1.54, 1.807) is 0 Å². The Morgan fingerprint density at radius 1 is 0.635 bits per heavy atom. The van der Waals surface area contributed by atoms with Crippen LogP contribution in [0.5, 0.6) is 0 Å². The number of ether oxygens (including phenoxy) is 1. The monoisotopic (exact) mass is 1050 g/mol. The van der Waals surface area contributed by atoms with Crippen LogP contribution in [0, 0.1) is 5.92 Å². The molecule has 1 aliphatic heterocycles. The van der Waals surface area contributed by atoms with Crippen LogP contribution in [0.1, 0.15) is 169 Å². The molecule has 0 aromatic rings. The van der Waals surface area contributed by atoms with Crippen molar-refractivity contribution in [3.05, 3.63) is 0 Å². The number of nitrogens with one attached hydrogen (secondary N) is 9. The summed E-state index contributed by atoms with van der Waals surface area (Å²) in [7, 11) is 0. The van der Waals surface area contributed by atoms with Crippen molar-refractivity contribution in [1.29, 1.82) is 0 Å². The van der Waals surface area contributed by atoms with E-state index in [-0.39, 0.29) is 37.9 Å². The highest BCUT2D eigenvalue weighted by atomic mass is 16.5. The molecule has 74 heavy (non-hydrogen) atoms. The SMILES string of the molecule is CCCCCCCCCCCCCCCCCCOC(=O)[C@H](CC(=O)NN[C@@H](CCCN=C(N)N)C(=O)NCC(=O)N[C@@H](CC(=O)O)C(=O)N[C@H](C(=O)O)C(C)C)NC(=O)CNC(=O)[C@H](C)NC(=O)[C@@H]1CCCN1. The Morgan fingerprint density at radius 2 is 1.18 bits per heavy atom. The predicted octanol–water partition coefficient (Wildman–Crippen LogP) is 0.383. The minimum absolute atomic E-state index is 0.0153. The first-order valence-corrected chi connectivity index (χ1v) is 26.4. The van der Waals surface area contributed by atoms with E-state index < -0.39 is 121 Å². The zero-order valence-corrected chi connectivity index (χ0v) is 44.1. The standard InChI is InChI=1S/C49H88N12O13/c1-5-6-7-8-9-10-11-12-13-14-15-16-17-18-19-20-27-74-48(73)37(58-40(64)30-54-43(67)33(4)56-45(69)34-23-21-25-52-34)28-38(62)61-60-35(24-22-26-53-49(50)51)44(68)55-31-39(63)57-36(29-41(65)66)46(70)59-42(32(2)3)47(71)72/h32-37,42,52,60H,5-31H2,1-4H3,(H,54,67)(H,55,68)(H,56,69)(H,57,63)(H,58,64)(H,59,70)(H,61,62)(H,65,66)(H,71,72)(H4,50,51,53)/t33-,34-,35-,36-,37-,42-/m0/s1. The van der Waals surface area contributed by atoms with Crippen molar-refractivity contribution in [2.75, 3.05) is 32.8 Å². The second-order valence-corrected chi connectivity index (χ2v) is 19.1. The average Bonchev–Trinajstić information content (AvgIpc) is 3.89. The van der Waals surface area contributed by atoms with Gasteiger partial charge in [-0.2, -0.15) is 0 Å². The van der Waals surface area contributed by atoms with Crippen molar-refractivity contribution >= 4 is 65.2 Å². The number of hydrazine groups is 1. The molecule has 422 valence electrons. The number of carbonyl (C=O) groups excluding carboxylic acids is 8. The summed E-state index contributed by atoms with van der Waals surface area (Å²) in [6, 6.07) is -7.33. The van der Waals surface area contributed by atoms with Gasteiger partial charge >= 0.3 is 17.9 Å².